The summed E-state index contributed by atoms with van der Waals surface area (Å²) in [6.45, 7) is 3.94. The van der Waals surface area contributed by atoms with Gasteiger partial charge in [-0.3, -0.25) is 4.79 Å². The Labute approximate surface area is 94.9 Å². The predicted molar refractivity (Wildman–Crippen MR) is 60.6 cm³/mol. The molecule has 1 aliphatic rings. The molecule has 16 heavy (non-hydrogen) atoms. The average Bonchev–Trinajstić information content (AvgIpc) is 2.52. The van der Waals surface area contributed by atoms with E-state index in [1.54, 1.807) is 6.07 Å². The van der Waals surface area contributed by atoms with Crippen molar-refractivity contribution >= 4 is 5.91 Å². The van der Waals surface area contributed by atoms with E-state index in [0.29, 0.717) is 6.42 Å². The van der Waals surface area contributed by atoms with Crippen LogP contribution in [0.1, 0.15) is 30.9 Å². The molecule has 1 saturated heterocycles. The number of hydrogen-bond donors (Lipinski definition) is 1. The minimum atomic E-state index is -0.207. The molecule has 1 unspecified atom stereocenters. The van der Waals surface area contributed by atoms with Crippen LogP contribution in [0.3, 0.4) is 0 Å². The highest BCUT2D eigenvalue weighted by atomic mass is 19.1. The lowest BCUT2D eigenvalue weighted by molar-refractivity contribution is -0.119. The summed E-state index contributed by atoms with van der Waals surface area (Å²) in [6.07, 6.45) is 2.21. The summed E-state index contributed by atoms with van der Waals surface area (Å²) in [5, 5.41) is 2.99. The van der Waals surface area contributed by atoms with Gasteiger partial charge in [0.15, 0.2) is 0 Å². The zero-order chi connectivity index (χ0) is 11.8. The van der Waals surface area contributed by atoms with Crippen molar-refractivity contribution in [3.63, 3.8) is 0 Å². The minimum Gasteiger partial charge on any atom is -0.351 e. The van der Waals surface area contributed by atoms with Gasteiger partial charge in [-0.25, -0.2) is 4.39 Å². The van der Waals surface area contributed by atoms with E-state index in [0.717, 1.165) is 24.0 Å². The Morgan fingerprint density at radius 1 is 1.50 bits per heavy atom. The lowest BCUT2D eigenvalue weighted by atomic mass is 9.89. The first-order chi connectivity index (χ1) is 7.48. The quantitative estimate of drug-likeness (QED) is 0.816. The normalized spacial score (nSPS) is 24.6. The predicted octanol–water partition coefficient (Wildman–Crippen LogP) is 2.35. The fourth-order valence-corrected chi connectivity index (χ4v) is 2.26. The highest BCUT2D eigenvalue weighted by Crippen LogP contribution is 2.25. The van der Waals surface area contributed by atoms with Crippen LogP contribution in [0.4, 0.5) is 4.39 Å². The van der Waals surface area contributed by atoms with Crippen LogP contribution in [0.15, 0.2) is 18.2 Å². The second kappa shape index (κ2) is 3.89. The number of nitrogens with one attached hydrogen (secondary N) is 1. The van der Waals surface area contributed by atoms with Crippen LogP contribution in [-0.4, -0.2) is 11.4 Å². The third kappa shape index (κ3) is 2.23. The van der Waals surface area contributed by atoms with Crippen LogP contribution in [0.25, 0.3) is 0 Å². The van der Waals surface area contributed by atoms with Crippen molar-refractivity contribution in [2.75, 3.05) is 0 Å². The largest absolute Gasteiger partial charge is 0.351 e. The summed E-state index contributed by atoms with van der Waals surface area (Å²) >= 11 is 0. The SMILES string of the molecule is Cc1cc(F)ccc1CC1(C)CCC(=O)N1. The first-order valence-electron chi connectivity index (χ1n) is 5.55. The van der Waals surface area contributed by atoms with Gasteiger partial charge in [0.2, 0.25) is 5.91 Å². The van der Waals surface area contributed by atoms with Crippen molar-refractivity contribution < 1.29 is 9.18 Å². The lowest BCUT2D eigenvalue weighted by Gasteiger charge is -2.24. The van der Waals surface area contributed by atoms with Gasteiger partial charge in [-0.15, -0.1) is 0 Å². The first-order valence-corrected chi connectivity index (χ1v) is 5.55. The molecular formula is C13H16FNO. The van der Waals surface area contributed by atoms with Crippen molar-refractivity contribution in [2.45, 2.75) is 38.6 Å². The fraction of sp³-hybridized carbons (Fsp3) is 0.462. The molecular weight excluding hydrogens is 205 g/mol. The molecule has 0 spiro atoms. The molecule has 0 bridgehead atoms. The molecule has 1 aromatic carbocycles. The van der Waals surface area contributed by atoms with Crippen molar-refractivity contribution in [2.24, 2.45) is 0 Å². The van der Waals surface area contributed by atoms with Gasteiger partial charge in [0.25, 0.3) is 0 Å². The molecule has 1 N–H and O–H groups in total. The average molecular weight is 221 g/mol. The fourth-order valence-electron chi connectivity index (χ4n) is 2.26. The monoisotopic (exact) mass is 221 g/mol. The summed E-state index contributed by atoms with van der Waals surface area (Å²) in [7, 11) is 0. The number of hydrogen-bond acceptors (Lipinski definition) is 1. The molecule has 0 aromatic heterocycles. The summed E-state index contributed by atoms with van der Waals surface area (Å²) in [6, 6.07) is 4.82. The molecule has 1 aliphatic heterocycles. The van der Waals surface area contributed by atoms with Crippen LogP contribution < -0.4 is 5.32 Å². The van der Waals surface area contributed by atoms with E-state index < -0.39 is 0 Å². The van der Waals surface area contributed by atoms with E-state index in [4.69, 9.17) is 0 Å². The van der Waals surface area contributed by atoms with Gasteiger partial charge in [-0.1, -0.05) is 6.07 Å². The molecule has 3 heteroatoms. The molecule has 0 aliphatic carbocycles. The van der Waals surface area contributed by atoms with E-state index in [1.807, 2.05) is 13.8 Å². The maximum atomic E-state index is 12.9. The van der Waals surface area contributed by atoms with Crippen molar-refractivity contribution in [1.29, 1.82) is 0 Å². The molecule has 1 amide bonds. The smallest absolute Gasteiger partial charge is 0.220 e. The van der Waals surface area contributed by atoms with Gasteiger partial charge < -0.3 is 5.32 Å². The second-order valence-electron chi connectivity index (χ2n) is 4.86. The Bertz CT molecular complexity index is 430. The standard InChI is InChI=1S/C13H16FNO/c1-9-7-11(14)4-3-10(9)8-13(2)6-5-12(16)15-13/h3-4,7H,5-6,8H2,1-2H3,(H,15,16). The Hall–Kier alpha value is -1.38. The molecule has 0 saturated carbocycles. The van der Waals surface area contributed by atoms with Gasteiger partial charge in [0, 0.05) is 12.0 Å². The molecule has 0 radical (unpaired) electrons. The number of halogens is 1. The molecule has 2 rings (SSSR count). The highest BCUT2D eigenvalue weighted by Gasteiger charge is 2.33. The van der Waals surface area contributed by atoms with E-state index in [9.17, 15) is 9.18 Å². The Morgan fingerprint density at radius 3 is 2.81 bits per heavy atom. The molecule has 86 valence electrons. The van der Waals surface area contributed by atoms with Gasteiger partial charge in [-0.05, 0) is 49.9 Å². The number of carbonyl (C=O) groups excluding carboxylic acids is 1. The number of rotatable bonds is 2. The van der Waals surface area contributed by atoms with Gasteiger partial charge in [0.1, 0.15) is 5.82 Å². The molecule has 1 heterocycles. The number of aryl methyl sites for hydroxylation is 1. The van der Waals surface area contributed by atoms with Crippen LogP contribution in [-0.2, 0) is 11.2 Å². The first kappa shape index (κ1) is 11.1. The third-order valence-electron chi connectivity index (χ3n) is 3.23. The Kier molecular flexibility index (Phi) is 2.70. The summed E-state index contributed by atoms with van der Waals surface area (Å²) < 4.78 is 12.9. The maximum absolute atomic E-state index is 12.9. The van der Waals surface area contributed by atoms with Crippen LogP contribution >= 0.6 is 0 Å². The van der Waals surface area contributed by atoms with Gasteiger partial charge >= 0.3 is 0 Å². The second-order valence-corrected chi connectivity index (χ2v) is 4.86. The van der Waals surface area contributed by atoms with E-state index in [2.05, 4.69) is 5.32 Å². The van der Waals surface area contributed by atoms with Crippen molar-refractivity contribution in [3.8, 4) is 0 Å². The van der Waals surface area contributed by atoms with Crippen molar-refractivity contribution in [3.05, 3.63) is 35.1 Å². The summed E-state index contributed by atoms with van der Waals surface area (Å²) in [4.78, 5) is 11.2. The van der Waals surface area contributed by atoms with Gasteiger partial charge in [0.05, 0.1) is 0 Å². The van der Waals surface area contributed by atoms with E-state index >= 15 is 0 Å². The molecule has 2 nitrogen and oxygen atoms in total. The maximum Gasteiger partial charge on any atom is 0.220 e. The lowest BCUT2D eigenvalue weighted by Crippen LogP contribution is -2.40. The zero-order valence-corrected chi connectivity index (χ0v) is 9.64. The highest BCUT2D eigenvalue weighted by molar-refractivity contribution is 5.79. The van der Waals surface area contributed by atoms with Crippen LogP contribution in [0.5, 0.6) is 0 Å². The molecule has 1 atom stereocenters. The summed E-state index contributed by atoms with van der Waals surface area (Å²) in [5.41, 5.74) is 1.88. The van der Waals surface area contributed by atoms with Crippen molar-refractivity contribution in [1.82, 2.24) is 5.32 Å². The summed E-state index contributed by atoms with van der Waals surface area (Å²) in [5.74, 6) is -0.0934. The number of carbonyl (C=O) groups is 1. The third-order valence-corrected chi connectivity index (χ3v) is 3.23. The van der Waals surface area contributed by atoms with E-state index in [-0.39, 0.29) is 17.3 Å². The molecule has 1 fully saturated rings. The molecule has 1 aromatic rings. The minimum absolute atomic E-state index is 0.113. The topological polar surface area (TPSA) is 29.1 Å². The van der Waals surface area contributed by atoms with Crippen LogP contribution in [0.2, 0.25) is 0 Å². The van der Waals surface area contributed by atoms with E-state index in [1.165, 1.54) is 12.1 Å². The Balaban J connectivity index is 2.17. The number of benzene rings is 1. The van der Waals surface area contributed by atoms with Crippen LogP contribution in [0, 0.1) is 12.7 Å². The number of amides is 1. The van der Waals surface area contributed by atoms with Gasteiger partial charge in [-0.2, -0.15) is 0 Å². The Morgan fingerprint density at radius 2 is 2.25 bits per heavy atom. The zero-order valence-electron chi connectivity index (χ0n) is 9.64.